The Labute approximate surface area is 149 Å². The first-order valence-corrected chi connectivity index (χ1v) is 8.05. The summed E-state index contributed by atoms with van der Waals surface area (Å²) in [6.45, 7) is 6.97. The zero-order valence-electron chi connectivity index (χ0n) is 14.1. The van der Waals surface area contributed by atoms with E-state index in [4.69, 9.17) is 0 Å². The number of nitrogens with one attached hydrogen (secondary N) is 2. The molecule has 0 saturated carbocycles. The molecule has 0 fully saturated rings. The largest absolute Gasteiger partial charge is 0.361 e. The molecule has 2 N–H and O–H groups in total. The maximum Gasteiger partial charge on any atom is 0.243 e. The van der Waals surface area contributed by atoms with E-state index in [0.29, 0.717) is 6.54 Å². The third-order valence-electron chi connectivity index (χ3n) is 4.29. The molecule has 0 saturated heterocycles. The third kappa shape index (κ3) is 4.08. The Balaban J connectivity index is 0.00000208. The average Bonchev–Trinajstić information content (AvgIpc) is 2.74. The van der Waals surface area contributed by atoms with Crippen LogP contribution in [0.4, 0.5) is 11.4 Å². The number of benzene rings is 2. The number of anilines is 2. The van der Waals surface area contributed by atoms with Gasteiger partial charge in [0.25, 0.3) is 0 Å². The fourth-order valence-electron chi connectivity index (χ4n) is 3.05. The van der Waals surface area contributed by atoms with Crippen molar-refractivity contribution in [3.05, 3.63) is 59.2 Å². The van der Waals surface area contributed by atoms with Gasteiger partial charge >= 0.3 is 0 Å². The van der Waals surface area contributed by atoms with Gasteiger partial charge in [0.05, 0.1) is 6.54 Å². The van der Waals surface area contributed by atoms with Crippen molar-refractivity contribution in [1.82, 2.24) is 5.32 Å². The van der Waals surface area contributed by atoms with Crippen LogP contribution >= 0.6 is 12.4 Å². The van der Waals surface area contributed by atoms with Crippen molar-refractivity contribution in [2.75, 3.05) is 29.9 Å². The minimum absolute atomic E-state index is 0. The number of para-hydroxylation sites is 2. The molecular formula is C19H24ClN3O. The highest BCUT2D eigenvalue weighted by Crippen LogP contribution is 2.23. The Kier molecular flexibility index (Phi) is 6.23. The lowest BCUT2D eigenvalue weighted by molar-refractivity contribution is -0.115. The minimum atomic E-state index is 0. The van der Waals surface area contributed by atoms with Crippen molar-refractivity contribution in [1.29, 1.82) is 0 Å². The average molecular weight is 346 g/mol. The fraction of sp³-hybridized carbons (Fsp3) is 0.316. The van der Waals surface area contributed by atoms with Crippen LogP contribution < -0.4 is 15.5 Å². The second-order valence-electron chi connectivity index (χ2n) is 6.04. The van der Waals surface area contributed by atoms with Crippen LogP contribution in [0.25, 0.3) is 0 Å². The van der Waals surface area contributed by atoms with E-state index < -0.39 is 0 Å². The third-order valence-corrected chi connectivity index (χ3v) is 4.29. The van der Waals surface area contributed by atoms with Gasteiger partial charge in [0.2, 0.25) is 5.91 Å². The van der Waals surface area contributed by atoms with Crippen LogP contribution in [0.3, 0.4) is 0 Å². The highest BCUT2D eigenvalue weighted by atomic mass is 35.5. The number of carbonyl (C=O) groups is 1. The van der Waals surface area contributed by atoms with Crippen LogP contribution in [0.2, 0.25) is 0 Å². The van der Waals surface area contributed by atoms with Crippen LogP contribution in [0.15, 0.2) is 42.5 Å². The second kappa shape index (κ2) is 8.18. The van der Waals surface area contributed by atoms with Crippen molar-refractivity contribution < 1.29 is 4.79 Å². The van der Waals surface area contributed by atoms with Crippen LogP contribution in [0.1, 0.15) is 16.7 Å². The molecule has 3 rings (SSSR count). The lowest BCUT2D eigenvalue weighted by atomic mass is 10.1. The zero-order valence-corrected chi connectivity index (χ0v) is 15.0. The summed E-state index contributed by atoms with van der Waals surface area (Å²) in [6.07, 6.45) is 0. The van der Waals surface area contributed by atoms with Gasteiger partial charge in [-0.2, -0.15) is 0 Å². The summed E-state index contributed by atoms with van der Waals surface area (Å²) in [4.78, 5) is 14.7. The van der Waals surface area contributed by atoms with Crippen LogP contribution in [-0.4, -0.2) is 25.5 Å². The van der Waals surface area contributed by atoms with Crippen LogP contribution in [0.5, 0.6) is 0 Å². The van der Waals surface area contributed by atoms with Crippen molar-refractivity contribution in [3.63, 3.8) is 0 Å². The van der Waals surface area contributed by atoms with Crippen molar-refractivity contribution in [2.45, 2.75) is 20.4 Å². The van der Waals surface area contributed by atoms with E-state index >= 15 is 0 Å². The summed E-state index contributed by atoms with van der Waals surface area (Å²) in [5.74, 6) is 0.0269. The molecule has 1 amide bonds. The molecule has 0 bridgehead atoms. The van der Waals surface area contributed by atoms with E-state index in [0.717, 1.165) is 42.1 Å². The number of rotatable bonds is 3. The molecule has 0 spiro atoms. The first-order valence-electron chi connectivity index (χ1n) is 8.05. The Morgan fingerprint density at radius 1 is 1.12 bits per heavy atom. The molecule has 1 aliphatic rings. The zero-order chi connectivity index (χ0) is 16.2. The quantitative estimate of drug-likeness (QED) is 0.897. The first kappa shape index (κ1) is 18.3. The van der Waals surface area contributed by atoms with Crippen LogP contribution in [0, 0.1) is 13.8 Å². The van der Waals surface area contributed by atoms with Crippen molar-refractivity contribution in [2.24, 2.45) is 0 Å². The minimum Gasteiger partial charge on any atom is -0.361 e. The topological polar surface area (TPSA) is 44.4 Å². The smallest absolute Gasteiger partial charge is 0.243 e. The van der Waals surface area contributed by atoms with Crippen molar-refractivity contribution in [3.8, 4) is 0 Å². The number of hydrogen-bond acceptors (Lipinski definition) is 3. The van der Waals surface area contributed by atoms with E-state index in [1.165, 1.54) is 5.56 Å². The van der Waals surface area contributed by atoms with Gasteiger partial charge in [-0.1, -0.05) is 36.4 Å². The molecule has 0 radical (unpaired) electrons. The molecule has 0 atom stereocenters. The number of hydrogen-bond donors (Lipinski definition) is 2. The van der Waals surface area contributed by atoms with Crippen molar-refractivity contribution >= 4 is 29.7 Å². The molecule has 0 aromatic heterocycles. The fourth-order valence-corrected chi connectivity index (χ4v) is 3.05. The van der Waals surface area contributed by atoms with Crippen LogP contribution in [-0.2, 0) is 11.3 Å². The summed E-state index contributed by atoms with van der Waals surface area (Å²) in [6, 6.07) is 14.3. The summed E-state index contributed by atoms with van der Waals surface area (Å²) in [7, 11) is 0. The molecule has 24 heavy (non-hydrogen) atoms. The molecule has 4 nitrogen and oxygen atoms in total. The predicted octanol–water partition coefficient (Wildman–Crippen LogP) is 3.27. The van der Waals surface area contributed by atoms with Gasteiger partial charge in [0.1, 0.15) is 0 Å². The second-order valence-corrected chi connectivity index (χ2v) is 6.04. The van der Waals surface area contributed by atoms with E-state index in [1.54, 1.807) is 0 Å². The van der Waals surface area contributed by atoms with Gasteiger partial charge < -0.3 is 15.5 Å². The number of halogens is 1. The molecule has 1 aliphatic heterocycles. The van der Waals surface area contributed by atoms with E-state index in [-0.39, 0.29) is 18.3 Å². The molecule has 2 aromatic rings. The molecule has 0 unspecified atom stereocenters. The number of nitrogens with zero attached hydrogens (tertiary/aromatic N) is 1. The maximum absolute atomic E-state index is 12.5. The summed E-state index contributed by atoms with van der Waals surface area (Å²) in [5, 5.41) is 6.48. The number of aryl methyl sites for hydroxylation is 2. The Morgan fingerprint density at radius 3 is 2.58 bits per heavy atom. The van der Waals surface area contributed by atoms with Gasteiger partial charge in [-0.05, 0) is 36.6 Å². The molecule has 2 aromatic carbocycles. The summed E-state index contributed by atoms with van der Waals surface area (Å²) in [5.41, 5.74) is 5.50. The molecule has 5 heteroatoms. The highest BCUT2D eigenvalue weighted by Gasteiger charge is 2.17. The first-order chi connectivity index (χ1) is 11.1. The number of carbonyl (C=O) groups excluding carboxylic acids is 1. The maximum atomic E-state index is 12.5. The highest BCUT2D eigenvalue weighted by molar-refractivity contribution is 5.95. The van der Waals surface area contributed by atoms with Gasteiger partial charge in [-0.15, -0.1) is 12.4 Å². The van der Waals surface area contributed by atoms with E-state index in [9.17, 15) is 4.79 Å². The number of amides is 1. The lowest BCUT2D eigenvalue weighted by Gasteiger charge is -2.24. The normalized spacial score (nSPS) is 13.5. The molecule has 1 heterocycles. The van der Waals surface area contributed by atoms with Gasteiger partial charge in [-0.3, -0.25) is 4.79 Å². The van der Waals surface area contributed by atoms with Gasteiger partial charge in [-0.25, -0.2) is 0 Å². The molecular weight excluding hydrogens is 322 g/mol. The van der Waals surface area contributed by atoms with E-state index in [1.807, 2.05) is 44.2 Å². The predicted molar refractivity (Wildman–Crippen MR) is 102 cm³/mol. The van der Waals surface area contributed by atoms with Gasteiger partial charge in [0.15, 0.2) is 0 Å². The standard InChI is InChI=1S/C19H23N3O.ClH/c1-14-6-5-7-15(2)19(14)21-18(23)13-22-11-10-20-12-16-8-3-4-9-17(16)22;/h3-9,20H,10-13H2,1-2H3,(H,21,23);1H. The Bertz CT molecular complexity index is 697. The molecule has 0 aliphatic carbocycles. The van der Waals surface area contributed by atoms with Gasteiger partial charge in [0, 0.05) is 31.0 Å². The lowest BCUT2D eigenvalue weighted by Crippen LogP contribution is -2.36. The summed E-state index contributed by atoms with van der Waals surface area (Å²) >= 11 is 0. The SMILES string of the molecule is Cc1cccc(C)c1NC(=O)CN1CCNCc2ccccc21.Cl. The summed E-state index contributed by atoms with van der Waals surface area (Å²) < 4.78 is 0. The van der Waals surface area contributed by atoms with E-state index in [2.05, 4.69) is 27.7 Å². The number of fused-ring (bicyclic) bond motifs is 1. The Hall–Kier alpha value is -2.04. The monoisotopic (exact) mass is 345 g/mol. The Morgan fingerprint density at radius 2 is 1.83 bits per heavy atom. The molecule has 128 valence electrons.